The van der Waals surface area contributed by atoms with Crippen molar-refractivity contribution >= 4 is 11.4 Å². The molecule has 1 saturated heterocycles. The standard InChI is InChI=1S/C32H33F3N6O4/c1-20-13-23(16-24(33)14-20)29(36)19-40-31(42)30(21(2)39(32(40)43)18-26-27(34)7-4-8-28(26)35)38-11-9-37(10-12-38)17-22-5-3-6-25(15-22)41(44)45/h3-8,13-16,29H,9-12,17-19,36H2,1-2H3/t29-/m0/s1. The summed E-state index contributed by atoms with van der Waals surface area (Å²) in [5, 5.41) is 11.2. The van der Waals surface area contributed by atoms with Crippen LogP contribution in [0.5, 0.6) is 0 Å². The number of nitro groups is 1. The van der Waals surface area contributed by atoms with E-state index in [1.807, 2.05) is 11.0 Å². The molecular formula is C32H33F3N6O4. The molecule has 1 aromatic heterocycles. The first kappa shape index (κ1) is 31.7. The van der Waals surface area contributed by atoms with E-state index in [1.165, 1.54) is 30.3 Å². The summed E-state index contributed by atoms with van der Waals surface area (Å²) < 4.78 is 45.7. The van der Waals surface area contributed by atoms with E-state index in [4.69, 9.17) is 5.73 Å². The summed E-state index contributed by atoms with van der Waals surface area (Å²) in [6, 6.07) is 13.1. The minimum atomic E-state index is -0.925. The quantitative estimate of drug-likeness (QED) is 0.221. The van der Waals surface area contributed by atoms with E-state index < -0.39 is 46.2 Å². The number of halogens is 3. The van der Waals surface area contributed by atoms with Gasteiger partial charge in [-0.25, -0.2) is 18.0 Å². The van der Waals surface area contributed by atoms with Gasteiger partial charge in [-0.1, -0.05) is 24.3 Å². The second kappa shape index (κ2) is 13.1. The molecule has 4 aromatic rings. The Morgan fingerprint density at radius 1 is 0.889 bits per heavy atom. The van der Waals surface area contributed by atoms with Crippen LogP contribution >= 0.6 is 0 Å². The molecule has 0 spiro atoms. The molecule has 13 heteroatoms. The Hall–Kier alpha value is -4.75. The van der Waals surface area contributed by atoms with Crippen LogP contribution in [-0.4, -0.2) is 45.1 Å². The summed E-state index contributed by atoms with van der Waals surface area (Å²) in [6.07, 6.45) is 0. The highest BCUT2D eigenvalue weighted by Crippen LogP contribution is 2.22. The number of aromatic nitrogens is 2. The van der Waals surface area contributed by atoms with Crippen LogP contribution in [0.15, 0.2) is 70.3 Å². The number of nitro benzene ring substituents is 1. The maximum atomic E-state index is 14.7. The van der Waals surface area contributed by atoms with Crippen LogP contribution in [0, 0.1) is 41.4 Å². The number of non-ortho nitro benzene ring substituents is 1. The zero-order valence-electron chi connectivity index (χ0n) is 24.9. The van der Waals surface area contributed by atoms with Gasteiger partial charge in [-0.05, 0) is 54.8 Å². The average molecular weight is 623 g/mol. The fourth-order valence-corrected chi connectivity index (χ4v) is 5.78. The van der Waals surface area contributed by atoms with Crippen LogP contribution in [0.25, 0.3) is 0 Å². The summed E-state index contributed by atoms with van der Waals surface area (Å²) in [7, 11) is 0. The molecule has 1 aliphatic rings. The topological polar surface area (TPSA) is 120 Å². The van der Waals surface area contributed by atoms with E-state index in [0.717, 1.165) is 26.8 Å². The maximum Gasteiger partial charge on any atom is 0.331 e. The summed E-state index contributed by atoms with van der Waals surface area (Å²) in [4.78, 5) is 42.4. The van der Waals surface area contributed by atoms with Gasteiger partial charge in [0.25, 0.3) is 11.2 Å². The van der Waals surface area contributed by atoms with Crippen molar-refractivity contribution in [3.8, 4) is 0 Å². The third-order valence-corrected chi connectivity index (χ3v) is 8.12. The molecule has 1 aliphatic heterocycles. The summed E-state index contributed by atoms with van der Waals surface area (Å²) in [5.41, 5.74) is 6.88. The van der Waals surface area contributed by atoms with Crippen molar-refractivity contribution < 1.29 is 18.1 Å². The first-order valence-electron chi connectivity index (χ1n) is 14.4. The van der Waals surface area contributed by atoms with Gasteiger partial charge in [-0.2, -0.15) is 0 Å². The maximum absolute atomic E-state index is 14.7. The highest BCUT2D eigenvalue weighted by atomic mass is 19.1. The van der Waals surface area contributed by atoms with E-state index in [2.05, 4.69) is 4.90 Å². The van der Waals surface area contributed by atoms with Crippen molar-refractivity contribution in [2.24, 2.45) is 5.73 Å². The molecule has 236 valence electrons. The Morgan fingerprint density at radius 3 is 2.20 bits per heavy atom. The van der Waals surface area contributed by atoms with Crippen molar-refractivity contribution in [2.75, 3.05) is 31.1 Å². The van der Waals surface area contributed by atoms with Crippen molar-refractivity contribution in [2.45, 2.75) is 39.5 Å². The van der Waals surface area contributed by atoms with Crippen LogP contribution in [0.1, 0.15) is 34.0 Å². The van der Waals surface area contributed by atoms with E-state index in [9.17, 15) is 32.9 Å². The highest BCUT2D eigenvalue weighted by molar-refractivity contribution is 5.50. The van der Waals surface area contributed by atoms with Crippen LogP contribution in [0.3, 0.4) is 0 Å². The Morgan fingerprint density at radius 2 is 1.56 bits per heavy atom. The van der Waals surface area contributed by atoms with Crippen LogP contribution in [-0.2, 0) is 19.6 Å². The molecule has 0 unspecified atom stereocenters. The smallest absolute Gasteiger partial charge is 0.331 e. The zero-order valence-corrected chi connectivity index (χ0v) is 24.9. The molecule has 0 saturated carbocycles. The number of anilines is 1. The lowest BCUT2D eigenvalue weighted by Crippen LogP contribution is -2.51. The zero-order chi connectivity index (χ0) is 32.4. The summed E-state index contributed by atoms with van der Waals surface area (Å²) in [6.45, 7) is 4.75. The first-order chi connectivity index (χ1) is 21.4. The minimum Gasteiger partial charge on any atom is -0.363 e. The largest absolute Gasteiger partial charge is 0.363 e. The Balaban J connectivity index is 1.49. The van der Waals surface area contributed by atoms with Crippen molar-refractivity contribution in [3.63, 3.8) is 0 Å². The van der Waals surface area contributed by atoms with Gasteiger partial charge in [0.2, 0.25) is 0 Å². The van der Waals surface area contributed by atoms with Gasteiger partial charge in [-0.15, -0.1) is 0 Å². The molecular weight excluding hydrogens is 589 g/mol. The second-order valence-electron chi connectivity index (χ2n) is 11.3. The molecule has 0 aliphatic carbocycles. The highest BCUT2D eigenvalue weighted by Gasteiger charge is 2.27. The molecule has 5 rings (SSSR count). The van der Waals surface area contributed by atoms with Crippen molar-refractivity contribution in [3.05, 3.63) is 137 Å². The molecule has 1 fully saturated rings. The monoisotopic (exact) mass is 622 g/mol. The van der Waals surface area contributed by atoms with Gasteiger partial charge in [0.05, 0.1) is 18.0 Å². The molecule has 3 aromatic carbocycles. The number of rotatable bonds is 9. The number of piperazine rings is 1. The van der Waals surface area contributed by atoms with E-state index >= 15 is 0 Å². The SMILES string of the molecule is Cc1cc(F)cc([C@@H](N)Cn2c(=O)c(N3CCN(Cc4cccc([N+](=O)[O-])c4)CC3)c(C)n(Cc3c(F)cccc3F)c2=O)c1. The predicted molar refractivity (Wildman–Crippen MR) is 164 cm³/mol. The van der Waals surface area contributed by atoms with E-state index in [0.29, 0.717) is 43.9 Å². The third kappa shape index (κ3) is 6.84. The number of hydrogen-bond donors (Lipinski definition) is 1. The van der Waals surface area contributed by atoms with Gasteiger partial charge >= 0.3 is 5.69 Å². The lowest BCUT2D eigenvalue weighted by atomic mass is 10.0. The molecule has 0 bridgehead atoms. The molecule has 2 heterocycles. The fourth-order valence-electron chi connectivity index (χ4n) is 5.78. The first-order valence-corrected chi connectivity index (χ1v) is 14.4. The average Bonchev–Trinajstić information content (AvgIpc) is 2.99. The second-order valence-corrected chi connectivity index (χ2v) is 11.3. The summed E-state index contributed by atoms with van der Waals surface area (Å²) in [5.74, 6) is -2.17. The Bertz CT molecular complexity index is 1830. The normalized spacial score (nSPS) is 14.5. The van der Waals surface area contributed by atoms with Crippen molar-refractivity contribution in [1.82, 2.24) is 14.0 Å². The minimum absolute atomic E-state index is 0.00228. The van der Waals surface area contributed by atoms with E-state index in [1.54, 1.807) is 26.0 Å². The number of nitrogens with zero attached hydrogens (tertiary/aromatic N) is 5. The number of benzene rings is 3. The number of aryl methyl sites for hydroxylation is 1. The van der Waals surface area contributed by atoms with E-state index in [-0.39, 0.29) is 29.2 Å². The fraction of sp³-hybridized carbons (Fsp3) is 0.312. The van der Waals surface area contributed by atoms with Gasteiger partial charge in [0.1, 0.15) is 23.1 Å². The predicted octanol–water partition coefficient (Wildman–Crippen LogP) is 4.02. The van der Waals surface area contributed by atoms with Gasteiger partial charge in [0.15, 0.2) is 0 Å². The van der Waals surface area contributed by atoms with Crippen LogP contribution in [0.4, 0.5) is 24.5 Å². The molecule has 10 nitrogen and oxygen atoms in total. The molecule has 2 N–H and O–H groups in total. The summed E-state index contributed by atoms with van der Waals surface area (Å²) >= 11 is 0. The lowest BCUT2D eigenvalue weighted by molar-refractivity contribution is -0.384. The Kier molecular flexibility index (Phi) is 9.21. The third-order valence-electron chi connectivity index (χ3n) is 8.12. The van der Waals surface area contributed by atoms with Crippen molar-refractivity contribution in [1.29, 1.82) is 0 Å². The number of hydrogen-bond acceptors (Lipinski definition) is 7. The number of nitrogens with two attached hydrogens (primary N) is 1. The van der Waals surface area contributed by atoms with Gasteiger partial charge in [-0.3, -0.25) is 28.9 Å². The van der Waals surface area contributed by atoms with Crippen LogP contribution < -0.4 is 21.9 Å². The molecule has 0 amide bonds. The van der Waals surface area contributed by atoms with Gasteiger partial charge < -0.3 is 10.6 Å². The lowest BCUT2D eigenvalue weighted by Gasteiger charge is -2.37. The molecule has 1 atom stereocenters. The molecule has 45 heavy (non-hydrogen) atoms. The molecule has 0 radical (unpaired) electrons. The Labute approximate surface area is 256 Å². The van der Waals surface area contributed by atoms with Crippen LogP contribution in [0.2, 0.25) is 0 Å². The van der Waals surface area contributed by atoms with Gasteiger partial charge in [0, 0.05) is 62.2 Å².